The van der Waals surface area contributed by atoms with Gasteiger partial charge in [0.25, 0.3) is 0 Å². The van der Waals surface area contributed by atoms with E-state index in [2.05, 4.69) is 28.7 Å². The van der Waals surface area contributed by atoms with E-state index in [9.17, 15) is 4.79 Å². The molecule has 0 atom stereocenters. The molecule has 0 bridgehead atoms. The zero-order valence-corrected chi connectivity index (χ0v) is 12.1. The minimum Gasteiger partial charge on any atom is -0.397 e. The monoisotopic (exact) mass is 274 g/mol. The maximum Gasteiger partial charge on any atom is 0.248 e. The SMILES string of the molecule is CC(C)N1CCCN=C(/C=C(\N)c2cccc(=O)[nH]2)C1. The molecule has 20 heavy (non-hydrogen) atoms. The van der Waals surface area contributed by atoms with Crippen LogP contribution < -0.4 is 11.3 Å². The van der Waals surface area contributed by atoms with Gasteiger partial charge in [0.1, 0.15) is 0 Å². The summed E-state index contributed by atoms with van der Waals surface area (Å²) in [5.74, 6) is 0. The number of pyridine rings is 1. The number of nitrogens with two attached hydrogens (primary N) is 1. The lowest BCUT2D eigenvalue weighted by Crippen LogP contribution is -2.35. The Kier molecular flexibility index (Phi) is 4.74. The maximum absolute atomic E-state index is 11.3. The molecule has 2 rings (SSSR count). The van der Waals surface area contributed by atoms with E-state index in [1.807, 2.05) is 6.08 Å². The summed E-state index contributed by atoms with van der Waals surface area (Å²) in [7, 11) is 0. The van der Waals surface area contributed by atoms with Crippen LogP contribution in [0.3, 0.4) is 0 Å². The first-order valence-electron chi connectivity index (χ1n) is 7.00. The van der Waals surface area contributed by atoms with E-state index in [-0.39, 0.29) is 5.56 Å². The molecule has 2 heterocycles. The quantitative estimate of drug-likeness (QED) is 0.870. The van der Waals surface area contributed by atoms with Crippen molar-refractivity contribution in [2.75, 3.05) is 19.6 Å². The Morgan fingerprint density at radius 2 is 2.30 bits per heavy atom. The Balaban J connectivity index is 2.20. The smallest absolute Gasteiger partial charge is 0.248 e. The molecule has 1 aliphatic heterocycles. The van der Waals surface area contributed by atoms with Crippen molar-refractivity contribution in [3.8, 4) is 0 Å². The lowest BCUT2D eigenvalue weighted by atomic mass is 10.2. The fourth-order valence-electron chi connectivity index (χ4n) is 2.24. The van der Waals surface area contributed by atoms with Crippen LogP contribution in [0, 0.1) is 0 Å². The summed E-state index contributed by atoms with van der Waals surface area (Å²) >= 11 is 0. The summed E-state index contributed by atoms with van der Waals surface area (Å²) in [6, 6.07) is 5.46. The summed E-state index contributed by atoms with van der Waals surface area (Å²) in [4.78, 5) is 21.0. The number of hydrogen-bond acceptors (Lipinski definition) is 4. The van der Waals surface area contributed by atoms with Crippen molar-refractivity contribution in [2.24, 2.45) is 10.7 Å². The second kappa shape index (κ2) is 6.52. The van der Waals surface area contributed by atoms with E-state index in [0.29, 0.717) is 17.4 Å². The van der Waals surface area contributed by atoms with Crippen LogP contribution in [-0.2, 0) is 0 Å². The molecule has 108 valence electrons. The summed E-state index contributed by atoms with van der Waals surface area (Å²) in [6.07, 6.45) is 2.93. The Morgan fingerprint density at radius 1 is 1.50 bits per heavy atom. The molecule has 0 aromatic carbocycles. The minimum absolute atomic E-state index is 0.148. The highest BCUT2D eigenvalue weighted by atomic mass is 16.1. The highest BCUT2D eigenvalue weighted by Crippen LogP contribution is 2.08. The third-order valence-corrected chi connectivity index (χ3v) is 3.42. The number of aromatic amines is 1. The maximum atomic E-state index is 11.3. The van der Waals surface area contributed by atoms with Gasteiger partial charge in [0.05, 0.1) is 17.1 Å². The summed E-state index contributed by atoms with van der Waals surface area (Å²) in [5, 5.41) is 0. The molecule has 0 radical (unpaired) electrons. The van der Waals surface area contributed by atoms with Crippen molar-refractivity contribution in [1.82, 2.24) is 9.88 Å². The van der Waals surface area contributed by atoms with Crippen LogP contribution in [-0.4, -0.2) is 41.3 Å². The van der Waals surface area contributed by atoms with Crippen LogP contribution >= 0.6 is 0 Å². The van der Waals surface area contributed by atoms with E-state index >= 15 is 0 Å². The molecular weight excluding hydrogens is 252 g/mol. The summed E-state index contributed by atoms with van der Waals surface area (Å²) in [5.41, 5.74) is 8.07. The van der Waals surface area contributed by atoms with E-state index in [1.54, 1.807) is 12.1 Å². The van der Waals surface area contributed by atoms with Crippen LogP contribution in [0.2, 0.25) is 0 Å². The van der Waals surface area contributed by atoms with Crippen molar-refractivity contribution in [1.29, 1.82) is 0 Å². The summed E-state index contributed by atoms with van der Waals surface area (Å²) < 4.78 is 0. The molecule has 0 spiro atoms. The third kappa shape index (κ3) is 3.81. The van der Waals surface area contributed by atoms with E-state index < -0.39 is 0 Å². The van der Waals surface area contributed by atoms with Crippen LogP contribution in [0.5, 0.6) is 0 Å². The van der Waals surface area contributed by atoms with Gasteiger partial charge >= 0.3 is 0 Å². The number of H-pyrrole nitrogens is 1. The molecule has 5 heteroatoms. The van der Waals surface area contributed by atoms with Gasteiger partial charge in [-0.1, -0.05) is 6.07 Å². The Bertz CT molecular complexity index is 571. The first-order valence-corrected chi connectivity index (χ1v) is 7.00. The second-order valence-corrected chi connectivity index (χ2v) is 5.32. The normalized spacial score (nSPS) is 17.9. The zero-order chi connectivity index (χ0) is 14.5. The van der Waals surface area contributed by atoms with Crippen LogP contribution in [0.1, 0.15) is 26.0 Å². The first kappa shape index (κ1) is 14.5. The number of aliphatic imine (C=N–C) groups is 1. The topological polar surface area (TPSA) is 74.5 Å². The van der Waals surface area contributed by atoms with Crippen molar-refractivity contribution in [2.45, 2.75) is 26.3 Å². The van der Waals surface area contributed by atoms with Gasteiger partial charge in [-0.05, 0) is 32.4 Å². The van der Waals surface area contributed by atoms with Gasteiger partial charge in [-0.2, -0.15) is 0 Å². The van der Waals surface area contributed by atoms with Crippen LogP contribution in [0.4, 0.5) is 0 Å². The van der Waals surface area contributed by atoms with Gasteiger partial charge in [-0.25, -0.2) is 0 Å². The molecule has 0 aliphatic carbocycles. The molecule has 1 aliphatic rings. The van der Waals surface area contributed by atoms with Gasteiger partial charge in [0, 0.05) is 31.7 Å². The van der Waals surface area contributed by atoms with Gasteiger partial charge in [-0.15, -0.1) is 0 Å². The molecule has 0 saturated heterocycles. The first-order chi connectivity index (χ1) is 9.56. The van der Waals surface area contributed by atoms with Crippen molar-refractivity contribution in [3.63, 3.8) is 0 Å². The average molecular weight is 274 g/mol. The molecule has 0 unspecified atom stereocenters. The fraction of sp³-hybridized carbons (Fsp3) is 0.467. The predicted molar refractivity (Wildman–Crippen MR) is 82.9 cm³/mol. The van der Waals surface area contributed by atoms with Crippen LogP contribution in [0.15, 0.2) is 34.1 Å². The molecular formula is C15H22N4O. The Morgan fingerprint density at radius 3 is 3.00 bits per heavy atom. The number of rotatable bonds is 3. The van der Waals surface area contributed by atoms with Gasteiger partial charge in [0.2, 0.25) is 5.56 Å². The molecule has 1 aromatic rings. The number of hydrogen-bond donors (Lipinski definition) is 2. The van der Waals surface area contributed by atoms with E-state index in [0.717, 1.165) is 31.8 Å². The van der Waals surface area contributed by atoms with Crippen molar-refractivity contribution in [3.05, 3.63) is 40.3 Å². The molecule has 0 amide bonds. The molecule has 3 N–H and O–H groups in total. The molecule has 5 nitrogen and oxygen atoms in total. The molecule has 1 aromatic heterocycles. The minimum atomic E-state index is -0.148. The van der Waals surface area contributed by atoms with Gasteiger partial charge in [-0.3, -0.25) is 14.7 Å². The number of aromatic nitrogens is 1. The number of nitrogens with one attached hydrogen (secondary N) is 1. The predicted octanol–water partition coefficient (Wildman–Crippen LogP) is 1.23. The van der Waals surface area contributed by atoms with Gasteiger partial charge < -0.3 is 10.7 Å². The lowest BCUT2D eigenvalue weighted by Gasteiger charge is -2.24. The Hall–Kier alpha value is -1.88. The largest absolute Gasteiger partial charge is 0.397 e. The van der Waals surface area contributed by atoms with Crippen molar-refractivity contribution >= 4 is 11.4 Å². The highest BCUT2D eigenvalue weighted by molar-refractivity contribution is 6.01. The van der Waals surface area contributed by atoms with Gasteiger partial charge in [0.15, 0.2) is 0 Å². The zero-order valence-electron chi connectivity index (χ0n) is 12.1. The standard InChI is InChI=1S/C15H22N4O/c1-11(2)19-8-4-7-17-12(10-19)9-13(16)14-5-3-6-15(20)18-14/h3,5-6,9,11H,4,7-8,10,16H2,1-2H3,(H,18,20)/b13-9-. The highest BCUT2D eigenvalue weighted by Gasteiger charge is 2.14. The summed E-state index contributed by atoms with van der Waals surface area (Å²) in [6.45, 7) is 7.05. The van der Waals surface area contributed by atoms with E-state index in [4.69, 9.17) is 5.73 Å². The molecule has 0 fully saturated rings. The fourth-order valence-corrected chi connectivity index (χ4v) is 2.24. The molecule has 0 saturated carbocycles. The lowest BCUT2D eigenvalue weighted by molar-refractivity contribution is 0.257. The average Bonchev–Trinajstić information content (AvgIpc) is 2.64. The third-order valence-electron chi connectivity index (χ3n) is 3.42. The van der Waals surface area contributed by atoms with Crippen molar-refractivity contribution < 1.29 is 0 Å². The second-order valence-electron chi connectivity index (χ2n) is 5.32. The van der Waals surface area contributed by atoms with E-state index in [1.165, 1.54) is 6.07 Å². The number of nitrogens with zero attached hydrogens (tertiary/aromatic N) is 2. The van der Waals surface area contributed by atoms with Crippen LogP contribution in [0.25, 0.3) is 5.70 Å². The Labute approximate surface area is 119 Å².